The van der Waals surface area contributed by atoms with E-state index >= 15 is 0 Å². The Hall–Kier alpha value is -3.75. The number of methoxy groups -OCH3 is 1. The Kier molecular flexibility index (Phi) is 6.10. The first-order valence-electron chi connectivity index (χ1n) is 9.49. The minimum Gasteiger partial charge on any atom is -0.497 e. The lowest BCUT2D eigenvalue weighted by molar-refractivity contribution is -0.136. The first-order chi connectivity index (χ1) is 14.3. The highest BCUT2D eigenvalue weighted by molar-refractivity contribution is 6.19. The van der Waals surface area contributed by atoms with Gasteiger partial charge < -0.3 is 26.4 Å². The minimum atomic E-state index is -0.385. The van der Waals surface area contributed by atoms with Crippen LogP contribution in [-0.4, -0.2) is 54.8 Å². The Bertz CT molecular complexity index is 962. The van der Waals surface area contributed by atoms with Crippen molar-refractivity contribution in [3.8, 4) is 5.75 Å². The maximum absolute atomic E-state index is 12.4. The molecule has 0 spiro atoms. The molecule has 3 amide bonds. The van der Waals surface area contributed by atoms with Crippen LogP contribution in [-0.2, 0) is 14.4 Å². The van der Waals surface area contributed by atoms with Gasteiger partial charge >= 0.3 is 0 Å². The number of rotatable bonds is 6. The van der Waals surface area contributed by atoms with Crippen molar-refractivity contribution >= 4 is 23.4 Å². The normalized spacial score (nSPS) is 17.4. The van der Waals surface area contributed by atoms with Gasteiger partial charge in [0, 0.05) is 24.9 Å². The molecule has 9 nitrogen and oxygen atoms in total. The fraction of sp³-hybridized carbons (Fsp3) is 0.286. The summed E-state index contributed by atoms with van der Waals surface area (Å²) in [4.78, 5) is 39.6. The van der Waals surface area contributed by atoms with E-state index < -0.39 is 0 Å². The van der Waals surface area contributed by atoms with E-state index in [1.54, 1.807) is 30.2 Å². The average molecular weight is 411 g/mol. The number of carbonyl (C=O) groups is 3. The number of nitrogens with zero attached hydrogens (tertiary/aromatic N) is 2. The molecule has 0 radical (unpaired) electrons. The summed E-state index contributed by atoms with van der Waals surface area (Å²) in [6, 6.07) is 7.20. The van der Waals surface area contributed by atoms with Crippen molar-refractivity contribution in [3.63, 3.8) is 0 Å². The average Bonchev–Trinajstić information content (AvgIpc) is 2.97. The summed E-state index contributed by atoms with van der Waals surface area (Å²) in [7, 11) is 3.03. The molecule has 158 valence electrons. The molecule has 2 aliphatic heterocycles. The molecule has 0 aromatic heterocycles. The van der Waals surface area contributed by atoms with Crippen molar-refractivity contribution in [1.29, 1.82) is 0 Å². The van der Waals surface area contributed by atoms with Gasteiger partial charge in [0.15, 0.2) is 0 Å². The zero-order valence-electron chi connectivity index (χ0n) is 17.0. The number of hydrogen-bond donors (Lipinski definition) is 3. The SMILES string of the molecule is COc1ccc(/C(N)=C/C=C(\N)NC(=O)CN2CCCC3=C2C(=O)N(C)C3=O)cc1. The fourth-order valence-corrected chi connectivity index (χ4v) is 3.43. The molecule has 1 aromatic carbocycles. The van der Waals surface area contributed by atoms with Gasteiger partial charge in [0.2, 0.25) is 5.91 Å². The second kappa shape index (κ2) is 8.73. The molecule has 1 aromatic rings. The summed E-state index contributed by atoms with van der Waals surface area (Å²) in [5.41, 5.74) is 14.0. The van der Waals surface area contributed by atoms with Crippen molar-refractivity contribution in [1.82, 2.24) is 15.1 Å². The van der Waals surface area contributed by atoms with Crippen LogP contribution in [0, 0.1) is 0 Å². The Morgan fingerprint density at radius 1 is 1.17 bits per heavy atom. The third kappa shape index (κ3) is 4.29. The fourth-order valence-electron chi connectivity index (χ4n) is 3.43. The Balaban J connectivity index is 1.62. The van der Waals surface area contributed by atoms with Crippen LogP contribution in [0.2, 0.25) is 0 Å². The highest BCUT2D eigenvalue weighted by Gasteiger charge is 2.40. The molecule has 0 fully saturated rings. The molecular weight excluding hydrogens is 386 g/mol. The van der Waals surface area contributed by atoms with Crippen molar-refractivity contribution in [3.05, 3.63) is 59.1 Å². The molecule has 0 unspecified atom stereocenters. The van der Waals surface area contributed by atoms with Crippen molar-refractivity contribution in [2.75, 3.05) is 27.2 Å². The standard InChI is InChI=1S/C21H25N5O4/c1-25-20(28)15-4-3-11-26(19(15)21(25)29)12-18(27)24-17(23)10-9-16(22)13-5-7-14(30-2)8-6-13/h5-10H,3-4,11-12,22-23H2,1-2H3,(H,24,27)/b16-9-,17-10+. The molecule has 0 aliphatic carbocycles. The predicted molar refractivity (Wildman–Crippen MR) is 111 cm³/mol. The number of hydrogen-bond acceptors (Lipinski definition) is 7. The van der Waals surface area contributed by atoms with Crippen LogP contribution in [0.25, 0.3) is 5.70 Å². The van der Waals surface area contributed by atoms with Gasteiger partial charge in [-0.25, -0.2) is 0 Å². The summed E-state index contributed by atoms with van der Waals surface area (Å²) < 4.78 is 5.11. The monoisotopic (exact) mass is 411 g/mol. The van der Waals surface area contributed by atoms with E-state index in [-0.39, 0.29) is 30.1 Å². The van der Waals surface area contributed by atoms with E-state index in [2.05, 4.69) is 5.32 Å². The molecule has 3 rings (SSSR count). The number of nitrogens with one attached hydrogen (secondary N) is 1. The van der Waals surface area contributed by atoms with Gasteiger partial charge in [-0.1, -0.05) is 0 Å². The lowest BCUT2D eigenvalue weighted by atomic mass is 10.0. The summed E-state index contributed by atoms with van der Waals surface area (Å²) >= 11 is 0. The smallest absolute Gasteiger partial charge is 0.277 e. The lowest BCUT2D eigenvalue weighted by Crippen LogP contribution is -2.41. The largest absolute Gasteiger partial charge is 0.497 e. The second-order valence-corrected chi connectivity index (χ2v) is 7.04. The number of likely N-dealkylation sites (N-methyl/N-ethyl adjacent to an activating group) is 1. The van der Waals surface area contributed by atoms with E-state index in [0.29, 0.717) is 36.4 Å². The first kappa shape index (κ1) is 21.0. The molecule has 5 N–H and O–H groups in total. The number of imide groups is 1. The Morgan fingerprint density at radius 2 is 1.87 bits per heavy atom. The topological polar surface area (TPSA) is 131 Å². The quantitative estimate of drug-likeness (QED) is 0.452. The Labute approximate surface area is 174 Å². The molecule has 0 bridgehead atoms. The van der Waals surface area contributed by atoms with Crippen LogP contribution < -0.4 is 21.5 Å². The molecule has 0 saturated heterocycles. The summed E-state index contributed by atoms with van der Waals surface area (Å²) in [5.74, 6) is -0.212. The van der Waals surface area contributed by atoms with Crippen molar-refractivity contribution in [2.24, 2.45) is 11.5 Å². The van der Waals surface area contributed by atoms with Crippen LogP contribution in [0.3, 0.4) is 0 Å². The second-order valence-electron chi connectivity index (χ2n) is 7.04. The van der Waals surface area contributed by atoms with Crippen molar-refractivity contribution in [2.45, 2.75) is 12.8 Å². The van der Waals surface area contributed by atoms with Crippen LogP contribution in [0.1, 0.15) is 18.4 Å². The van der Waals surface area contributed by atoms with Gasteiger partial charge in [0.25, 0.3) is 11.8 Å². The maximum Gasteiger partial charge on any atom is 0.277 e. The van der Waals surface area contributed by atoms with E-state index in [4.69, 9.17) is 16.2 Å². The summed E-state index contributed by atoms with van der Waals surface area (Å²) in [6.45, 7) is 0.449. The van der Waals surface area contributed by atoms with Gasteiger partial charge in [-0.3, -0.25) is 19.3 Å². The molecule has 2 heterocycles. The number of ether oxygens (including phenoxy) is 1. The molecule has 30 heavy (non-hydrogen) atoms. The van der Waals surface area contributed by atoms with Gasteiger partial charge in [-0.15, -0.1) is 0 Å². The highest BCUT2D eigenvalue weighted by atomic mass is 16.5. The predicted octanol–water partition coefficient (Wildman–Crippen LogP) is 0.260. The van der Waals surface area contributed by atoms with Gasteiger partial charge in [0.1, 0.15) is 17.3 Å². The highest BCUT2D eigenvalue weighted by Crippen LogP contribution is 2.30. The van der Waals surface area contributed by atoms with E-state index in [0.717, 1.165) is 16.2 Å². The zero-order valence-corrected chi connectivity index (χ0v) is 17.0. The first-order valence-corrected chi connectivity index (χ1v) is 9.49. The molecule has 2 aliphatic rings. The zero-order chi connectivity index (χ0) is 21.8. The van der Waals surface area contributed by atoms with E-state index in [1.807, 2.05) is 12.1 Å². The van der Waals surface area contributed by atoms with Gasteiger partial charge in [0.05, 0.1) is 13.7 Å². The molecule has 9 heteroatoms. The Morgan fingerprint density at radius 3 is 2.53 bits per heavy atom. The third-order valence-electron chi connectivity index (χ3n) is 5.01. The number of allylic oxidation sites excluding steroid dienone is 2. The summed E-state index contributed by atoms with van der Waals surface area (Å²) in [5, 5.41) is 2.58. The van der Waals surface area contributed by atoms with Crippen LogP contribution >= 0.6 is 0 Å². The van der Waals surface area contributed by atoms with Crippen LogP contribution in [0.15, 0.2) is 53.5 Å². The third-order valence-corrected chi connectivity index (χ3v) is 5.01. The van der Waals surface area contributed by atoms with Crippen molar-refractivity contribution < 1.29 is 19.1 Å². The molecular formula is C21H25N5O4. The molecule has 0 saturated carbocycles. The van der Waals surface area contributed by atoms with E-state index in [1.165, 1.54) is 13.1 Å². The number of nitrogens with two attached hydrogens (primary N) is 2. The molecule has 0 atom stereocenters. The van der Waals surface area contributed by atoms with Crippen LogP contribution in [0.5, 0.6) is 5.75 Å². The maximum atomic E-state index is 12.4. The van der Waals surface area contributed by atoms with Gasteiger partial charge in [-0.2, -0.15) is 0 Å². The number of benzene rings is 1. The summed E-state index contributed by atoms with van der Waals surface area (Å²) in [6.07, 6.45) is 4.33. The van der Waals surface area contributed by atoms with Gasteiger partial charge in [-0.05, 0) is 54.8 Å². The van der Waals surface area contributed by atoms with E-state index in [9.17, 15) is 14.4 Å². The number of amides is 3. The van der Waals surface area contributed by atoms with Crippen LogP contribution in [0.4, 0.5) is 0 Å². The number of carbonyl (C=O) groups excluding carboxylic acids is 3. The lowest BCUT2D eigenvalue weighted by Gasteiger charge is -2.28. The minimum absolute atomic E-state index is 0.0715.